The Balaban J connectivity index is 2.57. The Labute approximate surface area is 89.1 Å². The van der Waals surface area contributed by atoms with Gasteiger partial charge in [-0.1, -0.05) is 41.8 Å². The Morgan fingerprint density at radius 2 is 2.08 bits per heavy atom. The van der Waals surface area contributed by atoms with E-state index in [0.29, 0.717) is 11.1 Å². The summed E-state index contributed by atoms with van der Waals surface area (Å²) in [7, 11) is 0. The highest BCUT2D eigenvalue weighted by Gasteiger charge is 2.18. The molecule has 0 heterocycles. The second-order valence-corrected chi connectivity index (χ2v) is 4.15. The van der Waals surface area contributed by atoms with Crippen LogP contribution in [0.4, 0.5) is 0 Å². The first kappa shape index (κ1) is 10.8. The topological polar surface area (TPSA) is 12.4 Å². The van der Waals surface area contributed by atoms with Gasteiger partial charge < -0.3 is 0 Å². The van der Waals surface area contributed by atoms with Gasteiger partial charge in [-0.25, -0.2) is 4.99 Å². The van der Waals surface area contributed by atoms with Gasteiger partial charge in [0.1, 0.15) is 10.3 Å². The van der Waals surface area contributed by atoms with Crippen molar-refractivity contribution in [2.24, 2.45) is 10.9 Å². The van der Waals surface area contributed by atoms with E-state index in [4.69, 9.17) is 23.2 Å². The molecular formula is C10H13Cl2N. The van der Waals surface area contributed by atoms with E-state index in [1.54, 1.807) is 0 Å². The summed E-state index contributed by atoms with van der Waals surface area (Å²) in [6.45, 7) is 5.53. The fraction of sp³-hybridized carbons (Fsp3) is 0.500. The molecule has 0 aromatic rings. The summed E-state index contributed by atoms with van der Waals surface area (Å²) in [6, 6.07) is 0. The Bertz CT molecular complexity index is 262. The third kappa shape index (κ3) is 3.53. The molecular weight excluding hydrogens is 205 g/mol. The average Bonchev–Trinajstić information content (AvgIpc) is 1.78. The molecule has 1 nitrogen and oxygen atoms in total. The van der Waals surface area contributed by atoms with E-state index in [-0.39, 0.29) is 5.16 Å². The minimum absolute atomic E-state index is 0.225. The van der Waals surface area contributed by atoms with Crippen LogP contribution in [0.25, 0.3) is 0 Å². The lowest BCUT2D eigenvalue weighted by Gasteiger charge is -2.26. The summed E-state index contributed by atoms with van der Waals surface area (Å²) in [6.07, 6.45) is 5.74. The summed E-state index contributed by atoms with van der Waals surface area (Å²) in [5, 5.41) is 0.645. The molecule has 0 atom stereocenters. The van der Waals surface area contributed by atoms with Crippen LogP contribution in [0.1, 0.15) is 26.2 Å². The Morgan fingerprint density at radius 1 is 1.46 bits per heavy atom. The molecule has 0 bridgehead atoms. The van der Waals surface area contributed by atoms with Crippen molar-refractivity contribution in [2.45, 2.75) is 26.2 Å². The lowest BCUT2D eigenvalue weighted by molar-refractivity contribution is 0.368. The molecule has 0 saturated heterocycles. The fourth-order valence-electron chi connectivity index (χ4n) is 1.32. The second-order valence-electron chi connectivity index (χ2n) is 3.33. The Hall–Kier alpha value is -0.270. The highest BCUT2D eigenvalue weighted by molar-refractivity contribution is 6.68. The van der Waals surface area contributed by atoms with Crippen LogP contribution < -0.4 is 0 Å². The number of allylic oxidation sites excluding steroid dienone is 2. The van der Waals surface area contributed by atoms with E-state index < -0.39 is 0 Å². The smallest absolute Gasteiger partial charge is 0.130 e. The van der Waals surface area contributed by atoms with Gasteiger partial charge in [-0.2, -0.15) is 0 Å². The number of hydrogen-bond acceptors (Lipinski definition) is 1. The number of hydrogen-bond donors (Lipinski definition) is 0. The number of rotatable bonds is 3. The Kier molecular flexibility index (Phi) is 4.01. The molecule has 0 aromatic carbocycles. The number of aliphatic imine (C=N–C) groups is 1. The van der Waals surface area contributed by atoms with Gasteiger partial charge in [-0.05, 0) is 31.8 Å². The van der Waals surface area contributed by atoms with Crippen LogP contribution >= 0.6 is 23.2 Å². The van der Waals surface area contributed by atoms with E-state index in [2.05, 4.69) is 18.5 Å². The summed E-state index contributed by atoms with van der Waals surface area (Å²) >= 11 is 11.3. The maximum Gasteiger partial charge on any atom is 0.130 e. The van der Waals surface area contributed by atoms with E-state index in [0.717, 1.165) is 0 Å². The highest BCUT2D eigenvalue weighted by Crippen LogP contribution is 2.32. The third-order valence-electron chi connectivity index (χ3n) is 2.32. The van der Waals surface area contributed by atoms with Gasteiger partial charge in [-0.3, -0.25) is 0 Å². The first-order valence-corrected chi connectivity index (χ1v) is 5.12. The standard InChI is InChI=1S/C10H13Cl2N/c1-7(9-4-3-5-9)6-10(12)13-8(2)11/h6,9H,2-5H2,1H3/b7-6+,13-10+. The van der Waals surface area contributed by atoms with Gasteiger partial charge in [0.15, 0.2) is 0 Å². The molecule has 1 aliphatic carbocycles. The molecule has 0 unspecified atom stereocenters. The molecule has 1 aliphatic rings. The van der Waals surface area contributed by atoms with Crippen LogP contribution in [0.5, 0.6) is 0 Å². The van der Waals surface area contributed by atoms with E-state index in [1.165, 1.54) is 24.8 Å². The van der Waals surface area contributed by atoms with Crippen LogP contribution in [0, 0.1) is 5.92 Å². The van der Waals surface area contributed by atoms with Crippen molar-refractivity contribution in [2.75, 3.05) is 0 Å². The zero-order valence-electron chi connectivity index (χ0n) is 7.69. The van der Waals surface area contributed by atoms with Crippen molar-refractivity contribution < 1.29 is 0 Å². The molecule has 0 radical (unpaired) electrons. The average molecular weight is 218 g/mol. The zero-order valence-corrected chi connectivity index (χ0v) is 9.20. The van der Waals surface area contributed by atoms with Crippen molar-refractivity contribution in [1.82, 2.24) is 0 Å². The fourth-order valence-corrected chi connectivity index (χ4v) is 1.73. The van der Waals surface area contributed by atoms with Crippen LogP contribution in [0.3, 0.4) is 0 Å². The summed E-state index contributed by atoms with van der Waals surface area (Å²) in [5.41, 5.74) is 1.29. The van der Waals surface area contributed by atoms with Crippen LogP contribution in [0.15, 0.2) is 28.4 Å². The lowest BCUT2D eigenvalue weighted by Crippen LogP contribution is -2.12. The quantitative estimate of drug-likeness (QED) is 0.500. The van der Waals surface area contributed by atoms with Gasteiger partial charge in [0.25, 0.3) is 0 Å². The van der Waals surface area contributed by atoms with Gasteiger partial charge in [0.05, 0.1) is 0 Å². The van der Waals surface area contributed by atoms with Gasteiger partial charge >= 0.3 is 0 Å². The molecule has 1 fully saturated rings. The minimum atomic E-state index is 0.225. The van der Waals surface area contributed by atoms with Crippen molar-refractivity contribution in [3.8, 4) is 0 Å². The van der Waals surface area contributed by atoms with Crippen molar-refractivity contribution in [1.29, 1.82) is 0 Å². The molecule has 0 amide bonds. The minimum Gasteiger partial charge on any atom is -0.225 e. The molecule has 1 rings (SSSR count). The molecule has 1 saturated carbocycles. The highest BCUT2D eigenvalue weighted by atomic mass is 35.5. The first-order chi connectivity index (χ1) is 6.09. The second kappa shape index (κ2) is 4.83. The first-order valence-electron chi connectivity index (χ1n) is 4.36. The van der Waals surface area contributed by atoms with Gasteiger partial charge in [0.2, 0.25) is 0 Å². The molecule has 13 heavy (non-hydrogen) atoms. The largest absolute Gasteiger partial charge is 0.225 e. The molecule has 0 aromatic heterocycles. The summed E-state index contributed by atoms with van der Waals surface area (Å²) < 4.78 is 0. The predicted octanol–water partition coefficient (Wildman–Crippen LogP) is 4.08. The third-order valence-corrected chi connectivity index (χ3v) is 2.60. The maximum atomic E-state index is 5.82. The van der Waals surface area contributed by atoms with Gasteiger partial charge in [0, 0.05) is 0 Å². The zero-order chi connectivity index (χ0) is 9.84. The molecule has 0 aliphatic heterocycles. The van der Waals surface area contributed by atoms with Crippen LogP contribution in [0.2, 0.25) is 0 Å². The molecule has 72 valence electrons. The molecule has 3 heteroatoms. The predicted molar refractivity (Wildman–Crippen MR) is 59.4 cm³/mol. The molecule has 0 spiro atoms. The number of nitrogens with zero attached hydrogens (tertiary/aromatic N) is 1. The van der Waals surface area contributed by atoms with Gasteiger partial charge in [-0.15, -0.1) is 0 Å². The van der Waals surface area contributed by atoms with Crippen molar-refractivity contribution >= 4 is 28.4 Å². The van der Waals surface area contributed by atoms with Crippen molar-refractivity contribution in [3.05, 3.63) is 23.4 Å². The lowest BCUT2D eigenvalue weighted by atomic mass is 9.80. The van der Waals surface area contributed by atoms with Crippen molar-refractivity contribution in [3.63, 3.8) is 0 Å². The SMILES string of the molecule is C=C(Cl)/N=C(Cl)\C=C(/C)C1CCC1. The van der Waals surface area contributed by atoms with Crippen LogP contribution in [-0.2, 0) is 0 Å². The normalized spacial score (nSPS) is 19.9. The maximum absolute atomic E-state index is 5.82. The Morgan fingerprint density at radius 3 is 2.46 bits per heavy atom. The summed E-state index contributed by atoms with van der Waals surface area (Å²) in [5.74, 6) is 0.701. The summed E-state index contributed by atoms with van der Waals surface area (Å²) in [4.78, 5) is 3.83. The molecule has 0 N–H and O–H groups in total. The van der Waals surface area contributed by atoms with E-state index >= 15 is 0 Å². The van der Waals surface area contributed by atoms with E-state index in [9.17, 15) is 0 Å². The van der Waals surface area contributed by atoms with Crippen LogP contribution in [-0.4, -0.2) is 5.17 Å². The number of halogens is 2. The monoisotopic (exact) mass is 217 g/mol. The van der Waals surface area contributed by atoms with E-state index in [1.807, 2.05) is 6.08 Å².